The van der Waals surface area contributed by atoms with Gasteiger partial charge in [0.25, 0.3) is 0 Å². The minimum absolute atomic E-state index is 0.109. The monoisotopic (exact) mass is 239 g/mol. The number of rotatable bonds is 5. The average Bonchev–Trinajstić information content (AvgIpc) is 2.26. The summed E-state index contributed by atoms with van der Waals surface area (Å²) in [5.41, 5.74) is 0.979. The van der Waals surface area contributed by atoms with Crippen molar-refractivity contribution in [1.29, 1.82) is 0 Å². The Morgan fingerprint density at radius 2 is 1.76 bits per heavy atom. The normalized spacial score (nSPS) is 15.6. The number of benzene rings is 1. The molecule has 0 heterocycles. The van der Waals surface area contributed by atoms with E-state index < -0.39 is 0 Å². The molecule has 0 radical (unpaired) electrons. The first kappa shape index (κ1) is 14.1. The van der Waals surface area contributed by atoms with Gasteiger partial charge in [-0.2, -0.15) is 0 Å². The molecule has 96 valence electrons. The van der Waals surface area contributed by atoms with E-state index in [4.69, 9.17) is 0 Å². The largest absolute Gasteiger partial charge is 0.392 e. The number of nitrogens with one attached hydrogen (secondary N) is 1. The van der Waals surface area contributed by atoms with E-state index in [-0.39, 0.29) is 23.4 Å². The molecule has 0 spiro atoms. The summed E-state index contributed by atoms with van der Waals surface area (Å²) in [6.45, 7) is 8.61. The third-order valence-electron chi connectivity index (χ3n) is 3.39. The van der Waals surface area contributed by atoms with Gasteiger partial charge in [-0.15, -0.1) is 0 Å². The van der Waals surface area contributed by atoms with Gasteiger partial charge in [0.2, 0.25) is 0 Å². The van der Waals surface area contributed by atoms with Crippen LogP contribution in [0.1, 0.15) is 33.3 Å². The van der Waals surface area contributed by atoms with Gasteiger partial charge < -0.3 is 10.4 Å². The molecule has 0 fully saturated rings. The molecule has 1 rings (SSSR count). The molecule has 0 saturated carbocycles. The highest BCUT2D eigenvalue weighted by atomic mass is 19.1. The molecule has 17 heavy (non-hydrogen) atoms. The molecule has 3 heteroatoms. The van der Waals surface area contributed by atoms with Crippen molar-refractivity contribution in [2.75, 3.05) is 6.54 Å². The Morgan fingerprint density at radius 3 is 2.24 bits per heavy atom. The average molecular weight is 239 g/mol. The Morgan fingerprint density at radius 1 is 1.24 bits per heavy atom. The molecule has 0 amide bonds. The van der Waals surface area contributed by atoms with Crippen molar-refractivity contribution in [2.24, 2.45) is 0 Å². The van der Waals surface area contributed by atoms with Crippen molar-refractivity contribution < 1.29 is 9.50 Å². The summed E-state index contributed by atoms with van der Waals surface area (Å²) < 4.78 is 12.9. The van der Waals surface area contributed by atoms with Gasteiger partial charge in [0, 0.05) is 18.0 Å². The predicted molar refractivity (Wildman–Crippen MR) is 68.6 cm³/mol. The van der Waals surface area contributed by atoms with E-state index in [2.05, 4.69) is 26.1 Å². The fraction of sp³-hybridized carbons (Fsp3) is 0.571. The first-order chi connectivity index (χ1) is 7.84. The molecule has 2 N–H and O–H groups in total. The summed E-state index contributed by atoms with van der Waals surface area (Å²) in [7, 11) is 0. The summed E-state index contributed by atoms with van der Waals surface area (Å²) in [6, 6.07) is 6.80. The maximum absolute atomic E-state index is 12.9. The van der Waals surface area contributed by atoms with Gasteiger partial charge in [0.05, 0.1) is 6.10 Å². The zero-order valence-corrected chi connectivity index (χ0v) is 11.0. The van der Waals surface area contributed by atoms with Crippen LogP contribution >= 0.6 is 0 Å². The fourth-order valence-electron chi connectivity index (χ4n) is 1.73. The predicted octanol–water partition coefficient (Wildman–Crippen LogP) is 2.46. The van der Waals surface area contributed by atoms with E-state index in [0.717, 1.165) is 5.56 Å². The molecule has 1 aromatic carbocycles. The van der Waals surface area contributed by atoms with E-state index in [1.54, 1.807) is 6.92 Å². The van der Waals surface area contributed by atoms with Crippen LogP contribution in [0.3, 0.4) is 0 Å². The summed E-state index contributed by atoms with van der Waals surface area (Å²) in [4.78, 5) is 0. The van der Waals surface area contributed by atoms with Crippen molar-refractivity contribution in [3.05, 3.63) is 35.6 Å². The maximum Gasteiger partial charge on any atom is 0.123 e. The number of halogens is 1. The molecule has 0 unspecified atom stereocenters. The molecular formula is C14H22FNO. The summed E-state index contributed by atoms with van der Waals surface area (Å²) >= 11 is 0. The van der Waals surface area contributed by atoms with Gasteiger partial charge in [0.15, 0.2) is 0 Å². The highest BCUT2D eigenvalue weighted by Gasteiger charge is 2.27. The molecule has 2 nitrogen and oxygen atoms in total. The van der Waals surface area contributed by atoms with Crippen molar-refractivity contribution >= 4 is 0 Å². The van der Waals surface area contributed by atoms with E-state index in [0.29, 0.717) is 6.54 Å². The van der Waals surface area contributed by atoms with Gasteiger partial charge in [-0.3, -0.25) is 0 Å². The lowest BCUT2D eigenvalue weighted by molar-refractivity contribution is 0.180. The van der Waals surface area contributed by atoms with Crippen LogP contribution < -0.4 is 5.32 Å². The Hall–Kier alpha value is -0.930. The molecule has 0 aliphatic carbocycles. The lowest BCUT2D eigenvalue weighted by Gasteiger charge is -2.33. The molecule has 0 aromatic heterocycles. The molecule has 0 saturated heterocycles. The quantitative estimate of drug-likeness (QED) is 0.827. The number of hydrogen-bond donors (Lipinski definition) is 2. The van der Waals surface area contributed by atoms with Crippen LogP contribution in [0.2, 0.25) is 0 Å². The van der Waals surface area contributed by atoms with Crippen LogP contribution in [0.15, 0.2) is 24.3 Å². The standard InChI is InChI=1S/C14H22FNO/c1-10(17)9-16-11(2)14(3,4)12-5-7-13(15)8-6-12/h5-8,10-11,16-17H,9H2,1-4H3/t10-,11-/m0/s1. The molecule has 1 aromatic rings. The second-order valence-corrected chi connectivity index (χ2v) is 5.21. The molecule has 0 aliphatic rings. The van der Waals surface area contributed by atoms with E-state index in [1.165, 1.54) is 12.1 Å². The Labute approximate surface area is 103 Å². The van der Waals surface area contributed by atoms with Crippen molar-refractivity contribution in [1.82, 2.24) is 5.32 Å². The summed E-state index contributed by atoms with van der Waals surface area (Å²) in [6.07, 6.45) is -0.360. The summed E-state index contributed by atoms with van der Waals surface area (Å²) in [5.74, 6) is -0.214. The van der Waals surface area contributed by atoms with Crippen LogP contribution in [0.4, 0.5) is 4.39 Å². The Kier molecular flexibility index (Phi) is 4.66. The molecule has 2 atom stereocenters. The van der Waals surface area contributed by atoms with Crippen LogP contribution in [0.5, 0.6) is 0 Å². The minimum Gasteiger partial charge on any atom is -0.392 e. The van der Waals surface area contributed by atoms with Crippen molar-refractivity contribution in [3.63, 3.8) is 0 Å². The van der Waals surface area contributed by atoms with Gasteiger partial charge in [-0.05, 0) is 31.5 Å². The molecular weight excluding hydrogens is 217 g/mol. The second kappa shape index (κ2) is 5.61. The maximum atomic E-state index is 12.9. The lowest BCUT2D eigenvalue weighted by Crippen LogP contribution is -2.44. The highest BCUT2D eigenvalue weighted by Crippen LogP contribution is 2.27. The lowest BCUT2D eigenvalue weighted by atomic mass is 9.78. The Balaban J connectivity index is 2.75. The highest BCUT2D eigenvalue weighted by molar-refractivity contribution is 5.26. The Bertz CT molecular complexity index is 346. The van der Waals surface area contributed by atoms with Gasteiger partial charge in [-0.25, -0.2) is 4.39 Å². The third kappa shape index (κ3) is 3.79. The van der Waals surface area contributed by atoms with E-state index in [1.807, 2.05) is 12.1 Å². The van der Waals surface area contributed by atoms with Crippen LogP contribution in [-0.2, 0) is 5.41 Å². The topological polar surface area (TPSA) is 32.3 Å². The third-order valence-corrected chi connectivity index (χ3v) is 3.39. The van der Waals surface area contributed by atoms with Crippen LogP contribution in [0, 0.1) is 5.82 Å². The molecule has 0 aliphatic heterocycles. The molecule has 0 bridgehead atoms. The number of aliphatic hydroxyl groups excluding tert-OH is 1. The number of hydrogen-bond acceptors (Lipinski definition) is 2. The fourth-order valence-corrected chi connectivity index (χ4v) is 1.73. The number of aliphatic hydroxyl groups is 1. The first-order valence-corrected chi connectivity index (χ1v) is 6.01. The van der Waals surface area contributed by atoms with Crippen molar-refractivity contribution in [3.8, 4) is 0 Å². The second-order valence-electron chi connectivity index (χ2n) is 5.21. The zero-order chi connectivity index (χ0) is 13.1. The summed E-state index contributed by atoms with van der Waals surface area (Å²) in [5, 5.41) is 12.6. The minimum atomic E-state index is -0.360. The van der Waals surface area contributed by atoms with Crippen molar-refractivity contribution in [2.45, 2.75) is 45.3 Å². The van der Waals surface area contributed by atoms with E-state index >= 15 is 0 Å². The smallest absolute Gasteiger partial charge is 0.123 e. The van der Waals surface area contributed by atoms with Gasteiger partial charge >= 0.3 is 0 Å². The SMILES string of the molecule is C[C@H](O)CN[C@@H](C)C(C)(C)c1ccc(F)cc1. The zero-order valence-electron chi connectivity index (χ0n) is 11.0. The van der Waals surface area contributed by atoms with Crippen LogP contribution in [-0.4, -0.2) is 23.8 Å². The van der Waals surface area contributed by atoms with Gasteiger partial charge in [0.1, 0.15) is 5.82 Å². The first-order valence-electron chi connectivity index (χ1n) is 6.01. The van der Waals surface area contributed by atoms with E-state index in [9.17, 15) is 9.50 Å². The van der Waals surface area contributed by atoms with Crippen LogP contribution in [0.25, 0.3) is 0 Å². The van der Waals surface area contributed by atoms with Gasteiger partial charge in [-0.1, -0.05) is 26.0 Å².